The van der Waals surface area contributed by atoms with Gasteiger partial charge >= 0.3 is 0 Å². The van der Waals surface area contributed by atoms with E-state index in [9.17, 15) is 20.4 Å². The quantitative estimate of drug-likeness (QED) is 0.450. The van der Waals surface area contributed by atoms with Crippen LogP contribution in [0, 0.1) is 0 Å². The zero-order valence-corrected chi connectivity index (χ0v) is 13.4. The highest BCUT2D eigenvalue weighted by atomic mass is 16.7. The summed E-state index contributed by atoms with van der Waals surface area (Å²) >= 11 is 0. The highest BCUT2D eigenvalue weighted by Gasteiger charge is 2.45. The van der Waals surface area contributed by atoms with Crippen molar-refractivity contribution in [3.8, 4) is 11.5 Å². The summed E-state index contributed by atoms with van der Waals surface area (Å²) in [4.78, 5) is 0. The van der Waals surface area contributed by atoms with E-state index >= 15 is 0 Å². The fourth-order valence-corrected chi connectivity index (χ4v) is 3.03. The summed E-state index contributed by atoms with van der Waals surface area (Å²) in [5.74, 6) is 0.858. The second-order valence-corrected chi connectivity index (χ2v) is 6.01. The van der Waals surface area contributed by atoms with Gasteiger partial charge in [0.25, 0.3) is 0 Å². The molecule has 3 unspecified atom stereocenters. The van der Waals surface area contributed by atoms with Crippen molar-refractivity contribution >= 4 is 0 Å². The molecule has 0 amide bonds. The second-order valence-electron chi connectivity index (χ2n) is 6.01. The monoisotopic (exact) mass is 341 g/mol. The van der Waals surface area contributed by atoms with Crippen LogP contribution in [-0.4, -0.2) is 71.4 Å². The lowest BCUT2D eigenvalue weighted by Crippen LogP contribution is -2.60. The minimum Gasteiger partial charge on any atom is -0.493 e. The molecule has 1 saturated heterocycles. The smallest absolute Gasteiger partial charge is 0.229 e. The number of benzene rings is 1. The van der Waals surface area contributed by atoms with E-state index in [0.717, 1.165) is 24.1 Å². The summed E-state index contributed by atoms with van der Waals surface area (Å²) in [7, 11) is 1.52. The molecular formula is C16H23NO7. The third-order valence-corrected chi connectivity index (χ3v) is 4.46. The van der Waals surface area contributed by atoms with E-state index in [0.29, 0.717) is 18.0 Å². The number of hydrogen-bond acceptors (Lipinski definition) is 8. The normalized spacial score (nSPS) is 33.0. The average Bonchev–Trinajstić information content (AvgIpc) is 2.61. The van der Waals surface area contributed by atoms with Gasteiger partial charge in [-0.25, -0.2) is 0 Å². The van der Waals surface area contributed by atoms with Gasteiger partial charge in [-0.3, -0.25) is 0 Å². The van der Waals surface area contributed by atoms with Crippen molar-refractivity contribution in [3.05, 3.63) is 23.3 Å². The first kappa shape index (κ1) is 17.4. The standard InChI is InChI=1S/C16H23NO7/c1-22-10-4-8-2-3-17-6-9(8)5-11(10)23-16-15(21)14(20)13(19)12(7-18)24-16/h4-5,12-21H,2-3,6-7H2,1H3/t12?,13-,14?,15?,16-/m1/s1. The van der Waals surface area contributed by atoms with Crippen LogP contribution in [0.2, 0.25) is 0 Å². The zero-order valence-electron chi connectivity index (χ0n) is 13.4. The minimum absolute atomic E-state index is 0.365. The number of rotatable bonds is 4. The molecule has 8 heteroatoms. The number of methoxy groups -OCH3 is 1. The van der Waals surface area contributed by atoms with Crippen molar-refractivity contribution in [2.75, 3.05) is 20.3 Å². The molecule has 1 fully saturated rings. The van der Waals surface area contributed by atoms with E-state index in [-0.39, 0.29) is 0 Å². The van der Waals surface area contributed by atoms with Gasteiger partial charge in [-0.05, 0) is 36.2 Å². The van der Waals surface area contributed by atoms with Crippen LogP contribution in [0.5, 0.6) is 11.5 Å². The van der Waals surface area contributed by atoms with Gasteiger partial charge in [-0.15, -0.1) is 0 Å². The Balaban J connectivity index is 1.84. The molecule has 0 saturated carbocycles. The Labute approximate surface area is 139 Å². The minimum atomic E-state index is -1.48. The second kappa shape index (κ2) is 7.22. The van der Waals surface area contributed by atoms with Gasteiger partial charge in [0, 0.05) is 6.54 Å². The molecule has 0 spiro atoms. The maximum atomic E-state index is 10.1. The van der Waals surface area contributed by atoms with Crippen molar-refractivity contribution in [1.29, 1.82) is 0 Å². The van der Waals surface area contributed by atoms with Crippen LogP contribution in [0.15, 0.2) is 12.1 Å². The predicted molar refractivity (Wildman–Crippen MR) is 82.8 cm³/mol. The number of aliphatic hydroxyl groups is 4. The molecule has 3 rings (SSSR count). The Kier molecular flexibility index (Phi) is 5.24. The number of ether oxygens (including phenoxy) is 3. The SMILES string of the molecule is COc1cc2c(cc1O[C@@H]1OC(CO)[C@@H](O)C(O)C1O)CNCC2. The van der Waals surface area contributed by atoms with Crippen molar-refractivity contribution in [2.24, 2.45) is 0 Å². The average molecular weight is 341 g/mol. The lowest BCUT2D eigenvalue weighted by Gasteiger charge is -2.39. The molecule has 134 valence electrons. The van der Waals surface area contributed by atoms with Crippen molar-refractivity contribution in [1.82, 2.24) is 5.32 Å². The molecule has 2 heterocycles. The maximum absolute atomic E-state index is 10.1. The predicted octanol–water partition coefficient (Wildman–Crippen LogP) is -1.48. The van der Waals surface area contributed by atoms with E-state index in [1.807, 2.05) is 12.1 Å². The van der Waals surface area contributed by atoms with Crippen LogP contribution in [-0.2, 0) is 17.7 Å². The van der Waals surface area contributed by atoms with Crippen LogP contribution in [0.25, 0.3) is 0 Å². The zero-order chi connectivity index (χ0) is 17.3. The first-order chi connectivity index (χ1) is 11.5. The summed E-state index contributed by atoms with van der Waals surface area (Å²) in [6.07, 6.45) is -5.72. The molecule has 0 radical (unpaired) electrons. The highest BCUT2D eigenvalue weighted by molar-refractivity contribution is 5.48. The van der Waals surface area contributed by atoms with Gasteiger partial charge in [-0.1, -0.05) is 0 Å². The van der Waals surface area contributed by atoms with E-state index in [1.54, 1.807) is 0 Å². The molecule has 0 aromatic heterocycles. The molecule has 1 aromatic carbocycles. The van der Waals surface area contributed by atoms with Crippen molar-refractivity contribution < 1.29 is 34.6 Å². The molecule has 1 aromatic rings. The van der Waals surface area contributed by atoms with Gasteiger partial charge in [0.1, 0.15) is 24.4 Å². The van der Waals surface area contributed by atoms with Gasteiger partial charge in [0.15, 0.2) is 11.5 Å². The molecule has 0 aliphatic carbocycles. The molecular weight excluding hydrogens is 318 g/mol. The Morgan fingerprint density at radius 1 is 1.12 bits per heavy atom. The number of nitrogens with one attached hydrogen (secondary N) is 1. The summed E-state index contributed by atoms with van der Waals surface area (Å²) in [6.45, 7) is 1.09. The fourth-order valence-electron chi connectivity index (χ4n) is 3.03. The fraction of sp³-hybridized carbons (Fsp3) is 0.625. The Morgan fingerprint density at radius 3 is 2.58 bits per heavy atom. The Morgan fingerprint density at radius 2 is 1.88 bits per heavy atom. The molecule has 8 nitrogen and oxygen atoms in total. The van der Waals surface area contributed by atoms with E-state index in [1.165, 1.54) is 7.11 Å². The van der Waals surface area contributed by atoms with Gasteiger partial charge in [0.05, 0.1) is 13.7 Å². The highest BCUT2D eigenvalue weighted by Crippen LogP contribution is 2.34. The summed E-state index contributed by atoms with van der Waals surface area (Å²) in [6, 6.07) is 3.69. The molecule has 2 aliphatic rings. The Hall–Kier alpha value is -1.42. The lowest BCUT2D eigenvalue weighted by atomic mass is 9.99. The van der Waals surface area contributed by atoms with E-state index in [4.69, 9.17) is 14.2 Å². The number of aliphatic hydroxyl groups excluding tert-OH is 4. The van der Waals surface area contributed by atoms with Crippen molar-refractivity contribution in [2.45, 2.75) is 43.7 Å². The van der Waals surface area contributed by atoms with Crippen LogP contribution < -0.4 is 14.8 Å². The number of hydrogen-bond donors (Lipinski definition) is 5. The van der Waals surface area contributed by atoms with Crippen LogP contribution in [0.3, 0.4) is 0 Å². The molecule has 0 bridgehead atoms. The summed E-state index contributed by atoms with van der Waals surface area (Å²) < 4.78 is 16.4. The van der Waals surface area contributed by atoms with Gasteiger partial charge < -0.3 is 40.0 Å². The molecule has 2 aliphatic heterocycles. The lowest BCUT2D eigenvalue weighted by molar-refractivity contribution is -0.277. The van der Waals surface area contributed by atoms with Gasteiger partial charge in [-0.2, -0.15) is 0 Å². The molecule has 5 atom stereocenters. The number of fused-ring (bicyclic) bond motifs is 1. The Bertz CT molecular complexity index is 580. The summed E-state index contributed by atoms with van der Waals surface area (Å²) in [5.41, 5.74) is 2.22. The third-order valence-electron chi connectivity index (χ3n) is 4.46. The molecule has 5 N–H and O–H groups in total. The first-order valence-electron chi connectivity index (χ1n) is 7.92. The van der Waals surface area contributed by atoms with Gasteiger partial charge in [0.2, 0.25) is 6.29 Å². The third kappa shape index (κ3) is 3.21. The summed E-state index contributed by atoms with van der Waals surface area (Å²) in [5, 5.41) is 42.3. The van der Waals surface area contributed by atoms with Crippen LogP contribution in [0.4, 0.5) is 0 Å². The van der Waals surface area contributed by atoms with E-state index in [2.05, 4.69) is 5.32 Å². The topological polar surface area (TPSA) is 121 Å². The first-order valence-corrected chi connectivity index (χ1v) is 7.92. The van der Waals surface area contributed by atoms with E-state index < -0.39 is 37.3 Å². The van der Waals surface area contributed by atoms with Crippen LogP contribution in [0.1, 0.15) is 11.1 Å². The van der Waals surface area contributed by atoms with Crippen LogP contribution >= 0.6 is 0 Å². The largest absolute Gasteiger partial charge is 0.493 e. The van der Waals surface area contributed by atoms with Crippen molar-refractivity contribution in [3.63, 3.8) is 0 Å². The molecule has 24 heavy (non-hydrogen) atoms. The maximum Gasteiger partial charge on any atom is 0.229 e.